The maximum atomic E-state index is 11.4. The van der Waals surface area contributed by atoms with Gasteiger partial charge in [-0.1, -0.05) is 0 Å². The minimum Gasteiger partial charge on any atom is -0.325 e. The zero-order chi connectivity index (χ0) is 28.7. The highest BCUT2D eigenvalue weighted by Crippen LogP contribution is 2.51. The Morgan fingerprint density at radius 2 is 0.611 bits per heavy atom. The fourth-order valence-corrected chi connectivity index (χ4v) is 6.77. The lowest BCUT2D eigenvalue weighted by molar-refractivity contribution is -0.189. The number of hydrogen-bond acceptors (Lipinski definition) is 15. The highest BCUT2D eigenvalue weighted by atomic mass is 32.5. The van der Waals surface area contributed by atoms with E-state index >= 15 is 0 Å². The molecule has 30 heteroatoms. The van der Waals surface area contributed by atoms with E-state index in [0.717, 1.165) is 0 Å². The molecule has 0 aliphatic heterocycles. The molecule has 0 aromatic rings. The van der Waals surface area contributed by atoms with E-state index in [9.17, 15) is 54.6 Å². The third-order valence-electron chi connectivity index (χ3n) is 3.42. The van der Waals surface area contributed by atoms with Crippen molar-refractivity contribution < 1.29 is 94.4 Å². The normalized spacial score (nSPS) is 29.2. The third kappa shape index (κ3) is 13.5. The summed E-state index contributed by atoms with van der Waals surface area (Å²) in [6.07, 6.45) is -17.4. The lowest BCUT2D eigenvalue weighted by Crippen LogP contribution is -2.67. The first-order valence-corrected chi connectivity index (χ1v) is 19.7. The molecule has 1 aliphatic carbocycles. The summed E-state index contributed by atoms with van der Waals surface area (Å²) in [5.41, 5.74) is 0. The molecule has 21 nitrogen and oxygen atoms in total. The Balaban J connectivity index is 4.09. The van der Waals surface area contributed by atoms with Gasteiger partial charge in [-0.2, -0.15) is 25.3 Å². The van der Waals surface area contributed by atoms with E-state index in [4.69, 9.17) is 13.7 Å². The second-order valence-electron chi connectivity index (χ2n) is 6.15. The Morgan fingerprint density at radius 1 is 0.444 bits per heavy atom. The summed E-state index contributed by atoms with van der Waals surface area (Å²) in [4.78, 5) is 57.3. The van der Waals surface area contributed by atoms with Crippen molar-refractivity contribution in [3.05, 3.63) is 0 Å². The van der Waals surface area contributed by atoms with Gasteiger partial charge in [-0.3, -0.25) is 27.2 Å². The number of rotatable bonds is 12. The van der Waals surface area contributed by atoms with Crippen molar-refractivity contribution in [3.8, 4) is 0 Å². The average Bonchev–Trinajstić information content (AvgIpc) is 2.51. The molecule has 1 rings (SSSR count). The van der Waals surface area contributed by atoms with Crippen LogP contribution < -0.4 is 0 Å². The molecule has 0 aromatic heterocycles. The van der Waals surface area contributed by atoms with Crippen molar-refractivity contribution in [2.24, 2.45) is 0 Å². The van der Waals surface area contributed by atoms with Crippen molar-refractivity contribution in [1.29, 1.82) is 0 Å². The molecule has 36 heavy (non-hydrogen) atoms. The van der Waals surface area contributed by atoms with E-state index in [1.54, 1.807) is 0 Å². The maximum Gasteiger partial charge on any atom is 0.397 e. The monoisotopic (exact) mass is 708 g/mol. The lowest BCUT2D eigenvalue weighted by atomic mass is 9.85. The van der Waals surface area contributed by atoms with Gasteiger partial charge in [0.25, 0.3) is 0 Å². The van der Waals surface area contributed by atoms with Crippen LogP contribution in [0.4, 0.5) is 0 Å². The van der Waals surface area contributed by atoms with Crippen molar-refractivity contribution in [1.82, 2.24) is 0 Å². The summed E-state index contributed by atoms with van der Waals surface area (Å²) >= 11 is 12.5. The first kappa shape index (κ1) is 35.2. The van der Waals surface area contributed by atoms with Crippen LogP contribution in [0, 0.1) is 0 Å². The van der Waals surface area contributed by atoms with Crippen LogP contribution in [0.5, 0.6) is 0 Å². The van der Waals surface area contributed by atoms with E-state index in [2.05, 4.69) is 61.5 Å². The molecule has 216 valence electrons. The fraction of sp³-hybridized carbons (Fsp3) is 1.00. The van der Waals surface area contributed by atoms with E-state index in [1.807, 2.05) is 0 Å². The first-order chi connectivity index (χ1) is 15.6. The summed E-state index contributed by atoms with van der Waals surface area (Å²) in [6.45, 7) is -15.4. The van der Waals surface area contributed by atoms with Gasteiger partial charge in [-0.25, -0.2) is 12.5 Å². The van der Waals surface area contributed by atoms with E-state index in [0.29, 0.717) is 0 Å². The van der Waals surface area contributed by atoms with Crippen molar-refractivity contribution >= 4 is 86.8 Å². The molecule has 0 amide bonds. The van der Waals surface area contributed by atoms with E-state index in [1.165, 1.54) is 0 Å². The standard InChI is InChI=1S/C6H15O21P3S6/c7-28(8,31)22-1-4(25-34(13,14)15)2(23-29(9,10)32)6(27-36(19,20)21)3(24-30(11,12)33)5(1)26-35(16,17)18/h1-6H,(H2,7,8,31)(H2,9,10,32)(H2,11,12,33)(H,13,14,15)(H,16,17,18)(H,19,20,21). The predicted octanol–water partition coefficient (Wildman–Crippen LogP) is -3.65. The molecule has 1 fully saturated rings. The van der Waals surface area contributed by atoms with Gasteiger partial charge in [-0.05, 0) is 35.4 Å². The first-order valence-electron chi connectivity index (χ1n) is 7.76. The van der Waals surface area contributed by atoms with Gasteiger partial charge in [0.1, 0.15) is 36.6 Å². The quantitative estimate of drug-likeness (QED) is 0.0697. The van der Waals surface area contributed by atoms with Crippen LogP contribution >= 0.6 is 20.2 Å². The Labute approximate surface area is 217 Å². The van der Waals surface area contributed by atoms with Crippen LogP contribution in [-0.4, -0.2) is 105 Å². The van der Waals surface area contributed by atoms with Crippen molar-refractivity contribution in [3.63, 3.8) is 0 Å². The predicted molar refractivity (Wildman–Crippen MR) is 120 cm³/mol. The second-order valence-corrected chi connectivity index (χ2v) is 17.1. The highest BCUT2D eigenvalue weighted by molar-refractivity contribution is 8.07. The fourth-order valence-electron chi connectivity index (χ4n) is 2.71. The van der Waals surface area contributed by atoms with Crippen LogP contribution in [0.15, 0.2) is 0 Å². The van der Waals surface area contributed by atoms with Crippen molar-refractivity contribution in [2.45, 2.75) is 36.6 Å². The highest BCUT2D eigenvalue weighted by Gasteiger charge is 2.61. The van der Waals surface area contributed by atoms with Gasteiger partial charge >= 0.3 is 51.4 Å². The molecule has 0 spiro atoms. The smallest absolute Gasteiger partial charge is 0.325 e. The van der Waals surface area contributed by atoms with Crippen molar-refractivity contribution in [2.75, 3.05) is 0 Å². The Morgan fingerprint density at radius 3 is 0.722 bits per heavy atom. The van der Waals surface area contributed by atoms with E-state index < -0.39 is 88.0 Å². The molecule has 0 unspecified atom stereocenters. The minimum atomic E-state index is -5.81. The largest absolute Gasteiger partial charge is 0.397 e. The number of hydrogen-bond donors (Lipinski definition) is 9. The van der Waals surface area contributed by atoms with Crippen LogP contribution in [-0.2, 0) is 92.7 Å². The molecule has 0 saturated heterocycles. The van der Waals surface area contributed by atoms with Gasteiger partial charge in [-0.15, -0.1) is 0 Å². The molecule has 0 atom stereocenters. The second kappa shape index (κ2) is 12.0. The lowest BCUT2D eigenvalue weighted by Gasteiger charge is -2.47. The van der Waals surface area contributed by atoms with Gasteiger partial charge in [0.15, 0.2) is 0 Å². The van der Waals surface area contributed by atoms with Gasteiger partial charge in [0, 0.05) is 0 Å². The van der Waals surface area contributed by atoms with Crippen LogP contribution in [0.3, 0.4) is 0 Å². The Bertz CT molecular complexity index is 1090. The molecule has 0 aromatic carbocycles. The Hall–Kier alpha value is 1.20. The van der Waals surface area contributed by atoms with Gasteiger partial charge in [0.05, 0.1) is 0 Å². The molecular weight excluding hydrogens is 693 g/mol. The Kier molecular flexibility index (Phi) is 11.7. The average molecular weight is 708 g/mol. The van der Waals surface area contributed by atoms with E-state index in [-0.39, 0.29) is 0 Å². The zero-order valence-electron chi connectivity index (χ0n) is 16.2. The molecule has 1 aliphatic rings. The summed E-state index contributed by atoms with van der Waals surface area (Å²) in [6, 6.07) is 0. The molecule has 0 radical (unpaired) electrons. The third-order valence-corrected chi connectivity index (χ3v) is 7.14. The molecular formula is C6H15O21P3S6. The SMILES string of the molecule is O=S(=O)(O)OC1C(OP(O)(O)=S)C(OS(=O)(=O)O)C(OP(O)(O)=S)C(OS(=O)(=O)O)C1OP(O)(O)=S. The summed E-state index contributed by atoms with van der Waals surface area (Å²) in [5.74, 6) is 0. The van der Waals surface area contributed by atoms with Gasteiger partial charge < -0.3 is 29.4 Å². The summed E-state index contributed by atoms with van der Waals surface area (Å²) < 4.78 is 122. The minimum absolute atomic E-state index is 2.87. The molecule has 9 N–H and O–H groups in total. The molecule has 0 bridgehead atoms. The summed E-state index contributed by atoms with van der Waals surface area (Å²) in [7, 11) is -17.4. The zero-order valence-corrected chi connectivity index (χ0v) is 23.8. The molecule has 0 heterocycles. The topological polar surface area (TPSA) is 340 Å². The summed E-state index contributed by atoms with van der Waals surface area (Å²) in [5, 5.41) is 0. The maximum absolute atomic E-state index is 11.4. The van der Waals surface area contributed by atoms with Crippen LogP contribution in [0.25, 0.3) is 0 Å². The van der Waals surface area contributed by atoms with Crippen LogP contribution in [0.1, 0.15) is 0 Å². The molecule has 1 saturated carbocycles. The van der Waals surface area contributed by atoms with Crippen LogP contribution in [0.2, 0.25) is 0 Å². The van der Waals surface area contributed by atoms with Gasteiger partial charge in [0.2, 0.25) is 0 Å².